The van der Waals surface area contributed by atoms with Crippen molar-refractivity contribution in [3.05, 3.63) is 41.4 Å². The lowest BCUT2D eigenvalue weighted by Crippen LogP contribution is -2.45. The highest BCUT2D eigenvalue weighted by atomic mass is 35.5. The molecule has 2 N–H and O–H groups in total. The number of nitrogens with zero attached hydrogens (tertiary/aromatic N) is 2. The van der Waals surface area contributed by atoms with Crippen LogP contribution in [0.2, 0.25) is 5.02 Å². The van der Waals surface area contributed by atoms with E-state index in [1.807, 2.05) is 43.3 Å². The van der Waals surface area contributed by atoms with Gasteiger partial charge in [0.1, 0.15) is 5.75 Å². The van der Waals surface area contributed by atoms with Crippen molar-refractivity contribution in [2.45, 2.75) is 26.4 Å². The Morgan fingerprint density at radius 2 is 1.86 bits per heavy atom. The van der Waals surface area contributed by atoms with Crippen LogP contribution < -0.4 is 10.1 Å². The van der Waals surface area contributed by atoms with Crippen LogP contribution in [0.15, 0.2) is 36.4 Å². The van der Waals surface area contributed by atoms with Crippen molar-refractivity contribution < 1.29 is 9.84 Å². The smallest absolute Gasteiger partial charge is 0.119 e. The lowest BCUT2D eigenvalue weighted by Gasteiger charge is -2.31. The molecule has 1 unspecified atom stereocenters. The van der Waals surface area contributed by atoms with Gasteiger partial charge in [-0.2, -0.15) is 0 Å². The summed E-state index contributed by atoms with van der Waals surface area (Å²) in [7, 11) is 1.65. The monoisotopic (exact) mass is 401 g/mol. The highest BCUT2D eigenvalue weighted by Gasteiger charge is 2.23. The average molecular weight is 402 g/mol. The average Bonchev–Trinajstić information content (AvgIpc) is 2.68. The van der Waals surface area contributed by atoms with Gasteiger partial charge in [0.15, 0.2) is 0 Å². The number of benzene rings is 2. The summed E-state index contributed by atoms with van der Waals surface area (Å²) in [5.74, 6) is 0.764. The summed E-state index contributed by atoms with van der Waals surface area (Å²) in [6, 6.07) is 11.5. The summed E-state index contributed by atoms with van der Waals surface area (Å²) in [5.41, 5.74) is 1.71. The first-order valence-corrected chi connectivity index (χ1v) is 10.00. The van der Waals surface area contributed by atoms with Crippen LogP contribution in [0.4, 0.5) is 5.69 Å². The second kappa shape index (κ2) is 8.52. The zero-order valence-electron chi connectivity index (χ0n) is 16.9. The number of anilines is 1. The minimum atomic E-state index is -0.876. The molecule has 0 amide bonds. The Kier molecular flexibility index (Phi) is 6.28. The second-order valence-corrected chi connectivity index (χ2v) is 7.78. The Morgan fingerprint density at radius 1 is 1.11 bits per heavy atom. The number of aromatic nitrogens is 1. The number of aliphatic hydroxyl groups is 1. The van der Waals surface area contributed by atoms with Gasteiger partial charge < -0.3 is 20.1 Å². The zero-order chi connectivity index (χ0) is 20.3. The Labute approximate surface area is 171 Å². The highest BCUT2D eigenvalue weighted by molar-refractivity contribution is 6.31. The van der Waals surface area contributed by atoms with Crippen molar-refractivity contribution in [1.29, 1.82) is 0 Å². The van der Waals surface area contributed by atoms with Gasteiger partial charge in [-0.05, 0) is 56.4 Å². The van der Waals surface area contributed by atoms with Crippen LogP contribution in [0.3, 0.4) is 0 Å². The second-order valence-electron chi connectivity index (χ2n) is 7.34. The van der Waals surface area contributed by atoms with Gasteiger partial charge in [-0.1, -0.05) is 25.4 Å². The first kappa shape index (κ1) is 20.6. The molecule has 1 heterocycles. The summed E-state index contributed by atoms with van der Waals surface area (Å²) >= 11 is 6.18. The number of fused-ring (bicyclic) bond motifs is 2. The van der Waals surface area contributed by atoms with Crippen LogP contribution >= 0.6 is 11.6 Å². The van der Waals surface area contributed by atoms with E-state index in [9.17, 15) is 5.11 Å². The first-order chi connectivity index (χ1) is 13.4. The molecule has 6 heteroatoms. The molecule has 0 aliphatic rings. The number of hydrogen-bond acceptors (Lipinski definition) is 5. The molecule has 2 aromatic carbocycles. The van der Waals surface area contributed by atoms with Gasteiger partial charge in [0.2, 0.25) is 0 Å². The van der Waals surface area contributed by atoms with Crippen molar-refractivity contribution in [2.24, 2.45) is 0 Å². The number of nitrogens with one attached hydrogen (secondary N) is 1. The molecular formula is C22H28ClN3O2. The van der Waals surface area contributed by atoms with Gasteiger partial charge in [-0.3, -0.25) is 0 Å². The van der Waals surface area contributed by atoms with E-state index >= 15 is 0 Å². The summed E-state index contributed by atoms with van der Waals surface area (Å²) in [6.07, 6.45) is 0. The minimum absolute atomic E-state index is 0.414. The van der Waals surface area contributed by atoms with E-state index in [1.54, 1.807) is 7.11 Å². The third-order valence-corrected chi connectivity index (χ3v) is 5.28. The minimum Gasteiger partial charge on any atom is -0.497 e. The van der Waals surface area contributed by atoms with Crippen molar-refractivity contribution in [3.8, 4) is 5.75 Å². The lowest BCUT2D eigenvalue weighted by atomic mass is 10.0. The van der Waals surface area contributed by atoms with Crippen LogP contribution in [-0.4, -0.2) is 53.9 Å². The van der Waals surface area contributed by atoms with Crippen molar-refractivity contribution in [2.75, 3.05) is 38.6 Å². The molecule has 0 aliphatic heterocycles. The Morgan fingerprint density at radius 3 is 2.54 bits per heavy atom. The van der Waals surface area contributed by atoms with E-state index in [1.165, 1.54) is 0 Å². The molecule has 0 radical (unpaired) electrons. The number of likely N-dealkylation sites (N-methyl/N-ethyl adjacent to an activating group) is 1. The summed E-state index contributed by atoms with van der Waals surface area (Å²) in [6.45, 7) is 8.90. The summed E-state index contributed by atoms with van der Waals surface area (Å²) in [4.78, 5) is 6.96. The van der Waals surface area contributed by atoms with E-state index in [4.69, 9.17) is 21.3 Å². The van der Waals surface area contributed by atoms with Gasteiger partial charge in [-0.15, -0.1) is 0 Å². The van der Waals surface area contributed by atoms with Crippen LogP contribution in [0, 0.1) is 0 Å². The molecule has 0 fully saturated rings. The van der Waals surface area contributed by atoms with Gasteiger partial charge >= 0.3 is 0 Å². The molecule has 150 valence electrons. The number of rotatable bonds is 8. The fourth-order valence-corrected chi connectivity index (χ4v) is 3.64. The number of hydrogen-bond donors (Lipinski definition) is 2. The van der Waals surface area contributed by atoms with Gasteiger partial charge in [-0.25, -0.2) is 4.98 Å². The topological polar surface area (TPSA) is 57.6 Å². The predicted molar refractivity (Wildman–Crippen MR) is 118 cm³/mol. The Hall–Kier alpha value is -2.08. The first-order valence-electron chi connectivity index (χ1n) is 9.62. The van der Waals surface area contributed by atoms with Crippen molar-refractivity contribution >= 4 is 39.1 Å². The molecule has 0 aliphatic carbocycles. The number of methoxy groups -OCH3 is 1. The third-order valence-electron chi connectivity index (χ3n) is 5.05. The molecule has 0 spiro atoms. The normalized spacial score (nSPS) is 13.8. The Bertz CT molecular complexity index is 971. The summed E-state index contributed by atoms with van der Waals surface area (Å²) < 4.78 is 5.40. The van der Waals surface area contributed by atoms with Crippen LogP contribution in [-0.2, 0) is 0 Å². The molecule has 5 nitrogen and oxygen atoms in total. The molecule has 28 heavy (non-hydrogen) atoms. The molecule has 1 atom stereocenters. The molecule has 1 aromatic heterocycles. The Balaban J connectivity index is 2.03. The van der Waals surface area contributed by atoms with E-state index in [2.05, 4.69) is 24.1 Å². The van der Waals surface area contributed by atoms with E-state index in [-0.39, 0.29) is 0 Å². The standard InChI is InChI=1S/C22H28ClN3O2/c1-5-26(6-2)14-22(3,27)13-24-21-17-9-7-15(23)11-20(17)25-19-10-8-16(28-4)12-18(19)21/h7-12,27H,5-6,13-14H2,1-4H3,(H,24,25). The maximum Gasteiger partial charge on any atom is 0.119 e. The zero-order valence-corrected chi connectivity index (χ0v) is 17.7. The van der Waals surface area contributed by atoms with Crippen molar-refractivity contribution in [3.63, 3.8) is 0 Å². The fourth-order valence-electron chi connectivity index (χ4n) is 3.48. The maximum atomic E-state index is 10.9. The molecule has 0 saturated heterocycles. The molecule has 0 bridgehead atoms. The van der Waals surface area contributed by atoms with Gasteiger partial charge in [0.25, 0.3) is 0 Å². The number of ether oxygens (including phenoxy) is 1. The molecule has 3 aromatic rings. The van der Waals surface area contributed by atoms with Crippen molar-refractivity contribution in [1.82, 2.24) is 9.88 Å². The molecule has 0 saturated carbocycles. The van der Waals surface area contributed by atoms with E-state index < -0.39 is 5.60 Å². The molecule has 3 rings (SSSR count). The largest absolute Gasteiger partial charge is 0.497 e. The SMILES string of the molecule is CCN(CC)CC(C)(O)CNc1c2ccc(Cl)cc2nc2ccc(OC)cc12. The third kappa shape index (κ3) is 4.49. The highest BCUT2D eigenvalue weighted by Crippen LogP contribution is 2.34. The van der Waals surface area contributed by atoms with Crippen LogP contribution in [0.1, 0.15) is 20.8 Å². The molecular weight excluding hydrogens is 374 g/mol. The number of pyridine rings is 1. The quantitative estimate of drug-likeness (QED) is 0.542. The predicted octanol–water partition coefficient (Wildman–Crippen LogP) is 4.55. The van der Waals surface area contributed by atoms with Crippen LogP contribution in [0.25, 0.3) is 21.8 Å². The lowest BCUT2D eigenvalue weighted by molar-refractivity contribution is 0.0342. The van der Waals surface area contributed by atoms with Gasteiger partial charge in [0.05, 0.1) is 29.4 Å². The van der Waals surface area contributed by atoms with E-state index in [0.29, 0.717) is 18.1 Å². The summed E-state index contributed by atoms with van der Waals surface area (Å²) in [5, 5.41) is 17.0. The van der Waals surface area contributed by atoms with Crippen LogP contribution in [0.5, 0.6) is 5.75 Å². The number of halogens is 1. The fraction of sp³-hybridized carbons (Fsp3) is 0.409. The maximum absolute atomic E-state index is 10.9. The van der Waals surface area contributed by atoms with E-state index in [0.717, 1.165) is 46.3 Å². The van der Waals surface area contributed by atoms with Gasteiger partial charge in [0, 0.05) is 28.9 Å².